The van der Waals surface area contributed by atoms with Crippen LogP contribution in [0.4, 0.5) is 5.69 Å². The fraction of sp³-hybridized carbons (Fsp3) is 0.200. The number of benzene rings is 2. The normalized spacial score (nSPS) is 11.2. The third-order valence-electron chi connectivity index (χ3n) is 3.10. The maximum absolute atomic E-state index is 12.2. The van der Waals surface area contributed by atoms with Crippen LogP contribution in [0.3, 0.4) is 0 Å². The number of aryl methyl sites for hydroxylation is 1. The molecule has 0 aliphatic heterocycles. The Kier molecular flexibility index (Phi) is 5.30. The van der Waals surface area contributed by atoms with Crippen molar-refractivity contribution in [1.82, 2.24) is 4.72 Å². The third kappa shape index (κ3) is 4.27. The molecule has 0 aliphatic carbocycles. The lowest BCUT2D eigenvalue weighted by Gasteiger charge is -2.10. The van der Waals surface area contributed by atoms with Crippen molar-refractivity contribution < 1.29 is 18.1 Å². The summed E-state index contributed by atoms with van der Waals surface area (Å²) in [4.78, 5) is 9.83. The van der Waals surface area contributed by atoms with Gasteiger partial charge in [0.1, 0.15) is 12.4 Å². The van der Waals surface area contributed by atoms with Crippen LogP contribution in [-0.4, -0.2) is 26.5 Å². The molecule has 0 saturated carbocycles. The molecule has 0 aliphatic rings. The maximum atomic E-state index is 12.2. The highest BCUT2D eigenvalue weighted by molar-refractivity contribution is 7.89. The van der Waals surface area contributed by atoms with Gasteiger partial charge in [0.2, 0.25) is 10.0 Å². The molecule has 0 spiro atoms. The Morgan fingerprint density at radius 1 is 1.13 bits per heavy atom. The van der Waals surface area contributed by atoms with E-state index >= 15 is 0 Å². The van der Waals surface area contributed by atoms with Crippen molar-refractivity contribution in [2.45, 2.75) is 11.8 Å². The van der Waals surface area contributed by atoms with E-state index in [0.717, 1.165) is 11.6 Å². The zero-order valence-electron chi connectivity index (χ0n) is 12.4. The molecule has 0 atom stereocenters. The van der Waals surface area contributed by atoms with E-state index in [1.165, 1.54) is 18.2 Å². The average molecular weight is 336 g/mol. The molecule has 0 saturated heterocycles. The first kappa shape index (κ1) is 16.9. The van der Waals surface area contributed by atoms with Crippen molar-refractivity contribution >= 4 is 15.7 Å². The van der Waals surface area contributed by atoms with Gasteiger partial charge in [0.15, 0.2) is 4.90 Å². The number of nitro benzene ring substituents is 1. The summed E-state index contributed by atoms with van der Waals surface area (Å²) in [6, 6.07) is 12.6. The van der Waals surface area contributed by atoms with Gasteiger partial charge in [0.05, 0.1) is 4.92 Å². The Morgan fingerprint density at radius 2 is 1.78 bits per heavy atom. The second-order valence-corrected chi connectivity index (χ2v) is 6.47. The van der Waals surface area contributed by atoms with Gasteiger partial charge in [-0.1, -0.05) is 30.3 Å². The molecule has 0 bridgehead atoms. The molecule has 0 radical (unpaired) electrons. The van der Waals surface area contributed by atoms with E-state index in [-0.39, 0.29) is 18.0 Å². The molecule has 122 valence electrons. The first-order valence-electron chi connectivity index (χ1n) is 6.83. The van der Waals surface area contributed by atoms with E-state index in [9.17, 15) is 18.5 Å². The molecular formula is C15H16N2O5S. The number of nitro groups is 1. The molecule has 1 N–H and O–H groups in total. The van der Waals surface area contributed by atoms with E-state index in [4.69, 9.17) is 4.74 Å². The minimum absolute atomic E-state index is 0.00269. The van der Waals surface area contributed by atoms with E-state index in [1.54, 1.807) is 6.07 Å². The van der Waals surface area contributed by atoms with Crippen LogP contribution in [0.25, 0.3) is 0 Å². The molecule has 2 rings (SSSR count). The average Bonchev–Trinajstić information content (AvgIpc) is 2.53. The van der Waals surface area contributed by atoms with Crippen LogP contribution in [0, 0.1) is 17.0 Å². The molecular weight excluding hydrogens is 320 g/mol. The van der Waals surface area contributed by atoms with E-state index in [0.29, 0.717) is 5.75 Å². The largest absolute Gasteiger partial charge is 0.492 e. The van der Waals surface area contributed by atoms with Gasteiger partial charge in [-0.2, -0.15) is 0 Å². The van der Waals surface area contributed by atoms with Gasteiger partial charge in [-0.15, -0.1) is 0 Å². The Labute approximate surface area is 134 Å². The fourth-order valence-electron chi connectivity index (χ4n) is 1.97. The zero-order chi connectivity index (χ0) is 16.9. The van der Waals surface area contributed by atoms with E-state index < -0.39 is 20.6 Å². The lowest BCUT2D eigenvalue weighted by atomic mass is 10.2. The summed E-state index contributed by atoms with van der Waals surface area (Å²) in [6.45, 7) is 2.00. The first-order chi connectivity index (χ1) is 10.9. The zero-order valence-corrected chi connectivity index (χ0v) is 13.2. The number of ether oxygens (including phenoxy) is 1. The van der Waals surface area contributed by atoms with Crippen LogP contribution in [0.2, 0.25) is 0 Å². The molecule has 0 fully saturated rings. The summed E-state index contributed by atoms with van der Waals surface area (Å²) in [5.41, 5.74) is 0.480. The summed E-state index contributed by atoms with van der Waals surface area (Å²) in [5, 5.41) is 10.9. The second-order valence-electron chi connectivity index (χ2n) is 4.74. The highest BCUT2D eigenvalue weighted by Gasteiger charge is 2.24. The number of nitrogens with zero attached hydrogens (tertiary/aromatic N) is 1. The number of para-hydroxylation sites is 2. The Balaban J connectivity index is 2.00. The van der Waals surface area contributed by atoms with Gasteiger partial charge >= 0.3 is 0 Å². The van der Waals surface area contributed by atoms with Gasteiger partial charge in [-0.05, 0) is 24.6 Å². The molecule has 0 amide bonds. The van der Waals surface area contributed by atoms with Crippen molar-refractivity contribution in [3.05, 3.63) is 64.2 Å². The summed E-state index contributed by atoms with van der Waals surface area (Å²) in [7, 11) is -3.97. The monoisotopic (exact) mass is 336 g/mol. The Bertz CT molecular complexity index is 805. The SMILES string of the molecule is Cc1ccccc1OCCNS(=O)(=O)c1ccccc1[N+](=O)[O-]. The van der Waals surface area contributed by atoms with Crippen molar-refractivity contribution in [2.24, 2.45) is 0 Å². The predicted molar refractivity (Wildman–Crippen MR) is 85.0 cm³/mol. The lowest BCUT2D eigenvalue weighted by molar-refractivity contribution is -0.387. The van der Waals surface area contributed by atoms with Crippen molar-refractivity contribution in [2.75, 3.05) is 13.2 Å². The standard InChI is InChI=1S/C15H16N2O5S/c1-12-6-2-4-8-14(12)22-11-10-16-23(20,21)15-9-5-3-7-13(15)17(18)19/h2-9,16H,10-11H2,1H3. The number of hydrogen-bond acceptors (Lipinski definition) is 5. The molecule has 23 heavy (non-hydrogen) atoms. The number of rotatable bonds is 7. The van der Waals surface area contributed by atoms with Crippen LogP contribution in [0.15, 0.2) is 53.4 Å². The van der Waals surface area contributed by atoms with Gasteiger partial charge in [-0.3, -0.25) is 10.1 Å². The Morgan fingerprint density at radius 3 is 2.48 bits per heavy atom. The van der Waals surface area contributed by atoms with Crippen LogP contribution in [-0.2, 0) is 10.0 Å². The van der Waals surface area contributed by atoms with Crippen molar-refractivity contribution in [3.8, 4) is 5.75 Å². The van der Waals surface area contributed by atoms with Gasteiger partial charge in [0, 0.05) is 12.6 Å². The maximum Gasteiger partial charge on any atom is 0.289 e. The molecule has 0 unspecified atom stereocenters. The highest BCUT2D eigenvalue weighted by Crippen LogP contribution is 2.22. The summed E-state index contributed by atoms with van der Waals surface area (Å²) >= 11 is 0. The van der Waals surface area contributed by atoms with Crippen molar-refractivity contribution in [1.29, 1.82) is 0 Å². The van der Waals surface area contributed by atoms with Crippen LogP contribution in [0.1, 0.15) is 5.56 Å². The molecule has 0 aromatic heterocycles. The molecule has 2 aromatic carbocycles. The molecule has 7 nitrogen and oxygen atoms in total. The fourth-order valence-corrected chi connectivity index (χ4v) is 3.15. The van der Waals surface area contributed by atoms with E-state index in [2.05, 4.69) is 4.72 Å². The Hall–Kier alpha value is -2.45. The summed E-state index contributed by atoms with van der Waals surface area (Å²) in [6.07, 6.45) is 0. The van der Waals surface area contributed by atoms with Crippen molar-refractivity contribution in [3.63, 3.8) is 0 Å². The summed E-state index contributed by atoms with van der Waals surface area (Å²) in [5.74, 6) is 0.664. The molecule has 0 heterocycles. The van der Waals surface area contributed by atoms with Gasteiger partial charge in [0.25, 0.3) is 5.69 Å². The van der Waals surface area contributed by atoms with Gasteiger partial charge < -0.3 is 4.74 Å². The minimum Gasteiger partial charge on any atom is -0.492 e. The lowest BCUT2D eigenvalue weighted by Crippen LogP contribution is -2.28. The van der Waals surface area contributed by atoms with Gasteiger partial charge in [-0.25, -0.2) is 13.1 Å². The first-order valence-corrected chi connectivity index (χ1v) is 8.31. The minimum atomic E-state index is -3.97. The summed E-state index contributed by atoms with van der Waals surface area (Å²) < 4.78 is 32.1. The molecule has 8 heteroatoms. The number of nitrogens with one attached hydrogen (secondary N) is 1. The van der Waals surface area contributed by atoms with Crippen LogP contribution in [0.5, 0.6) is 5.75 Å². The molecule has 2 aromatic rings. The smallest absolute Gasteiger partial charge is 0.289 e. The topological polar surface area (TPSA) is 98.5 Å². The number of sulfonamides is 1. The highest BCUT2D eigenvalue weighted by atomic mass is 32.2. The predicted octanol–water partition coefficient (Wildman–Crippen LogP) is 2.26. The van der Waals surface area contributed by atoms with Crippen LogP contribution < -0.4 is 9.46 Å². The van der Waals surface area contributed by atoms with E-state index in [1.807, 2.05) is 25.1 Å². The quantitative estimate of drug-likeness (QED) is 0.475. The third-order valence-corrected chi connectivity index (χ3v) is 4.61. The van der Waals surface area contributed by atoms with Crippen LogP contribution >= 0.6 is 0 Å². The number of hydrogen-bond donors (Lipinski definition) is 1. The second kappa shape index (κ2) is 7.21.